The third kappa shape index (κ3) is 4.60. The molecular weight excluding hydrogens is 452 g/mol. The molecule has 2 aromatic carbocycles. The van der Waals surface area contributed by atoms with E-state index < -0.39 is 0 Å². The van der Waals surface area contributed by atoms with Crippen molar-refractivity contribution in [1.29, 1.82) is 0 Å². The van der Waals surface area contributed by atoms with Gasteiger partial charge in [-0.2, -0.15) is 0 Å². The molecule has 6 nitrogen and oxygen atoms in total. The minimum atomic E-state index is -0.352. The van der Waals surface area contributed by atoms with Gasteiger partial charge in [0, 0.05) is 48.6 Å². The van der Waals surface area contributed by atoms with Crippen LogP contribution in [0.1, 0.15) is 39.3 Å². The number of amides is 1. The van der Waals surface area contributed by atoms with Crippen molar-refractivity contribution in [2.75, 3.05) is 39.3 Å². The average Bonchev–Trinajstić information content (AvgIpc) is 3.18. The Morgan fingerprint density at radius 1 is 0.943 bits per heavy atom. The van der Waals surface area contributed by atoms with Gasteiger partial charge in [-0.05, 0) is 80.4 Å². The van der Waals surface area contributed by atoms with Gasteiger partial charge in [0.05, 0.1) is 6.61 Å². The predicted molar refractivity (Wildman–Crippen MR) is 128 cm³/mol. The molecule has 184 valence electrons. The van der Waals surface area contributed by atoms with Crippen molar-refractivity contribution < 1.29 is 23.5 Å². The molecule has 0 unspecified atom stereocenters. The summed E-state index contributed by atoms with van der Waals surface area (Å²) in [7, 11) is 0. The Morgan fingerprint density at radius 3 is 2.37 bits per heavy atom. The standard InChI is InChI=1S/C27H29F2N3O3/c28-20-3-1-18(2-4-20)26(34)19-7-10-30(11-8-19)12-9-22-23-17-21(29)5-6-24(23)32-14-13-31(15-16-33)27(35)25(22)32/h1-6,17,19,33H,7-16H2. The van der Waals surface area contributed by atoms with E-state index in [0.717, 1.165) is 42.4 Å². The summed E-state index contributed by atoms with van der Waals surface area (Å²) in [5.41, 5.74) is 2.84. The number of aliphatic hydroxyl groups is 1. The number of β-amino-alcohol motifs (C(OH)–C–C–N with tert-alkyl or cyclic N) is 1. The summed E-state index contributed by atoms with van der Waals surface area (Å²) in [6.07, 6.45) is 2.04. The fourth-order valence-electron chi connectivity index (χ4n) is 5.47. The third-order valence-corrected chi connectivity index (χ3v) is 7.35. The Balaban J connectivity index is 1.30. The molecule has 1 saturated heterocycles. The van der Waals surface area contributed by atoms with Crippen molar-refractivity contribution in [3.05, 3.63) is 70.9 Å². The number of Topliss-reactive ketones (excluding diaryl/α,β-unsaturated/α-hetero) is 1. The molecule has 1 aromatic heterocycles. The number of carbonyl (C=O) groups is 2. The van der Waals surface area contributed by atoms with Crippen LogP contribution >= 0.6 is 0 Å². The molecule has 2 aliphatic heterocycles. The maximum absolute atomic E-state index is 14.2. The molecule has 3 aromatic rings. The molecule has 0 bridgehead atoms. The zero-order valence-corrected chi connectivity index (χ0v) is 19.6. The molecule has 3 heterocycles. The highest BCUT2D eigenvalue weighted by Gasteiger charge is 2.31. The molecule has 0 atom stereocenters. The largest absolute Gasteiger partial charge is 0.395 e. The molecule has 0 spiro atoms. The van der Waals surface area contributed by atoms with E-state index in [1.165, 1.54) is 24.3 Å². The fourth-order valence-corrected chi connectivity index (χ4v) is 5.47. The van der Waals surface area contributed by atoms with E-state index in [9.17, 15) is 23.5 Å². The number of aromatic nitrogens is 1. The summed E-state index contributed by atoms with van der Waals surface area (Å²) >= 11 is 0. The number of carbonyl (C=O) groups excluding carboxylic acids is 2. The second-order valence-corrected chi connectivity index (χ2v) is 9.39. The quantitative estimate of drug-likeness (QED) is 0.525. The first-order valence-electron chi connectivity index (χ1n) is 12.2. The van der Waals surface area contributed by atoms with E-state index in [1.807, 2.05) is 4.57 Å². The molecule has 0 aliphatic carbocycles. The van der Waals surface area contributed by atoms with Gasteiger partial charge in [0.15, 0.2) is 5.78 Å². The minimum Gasteiger partial charge on any atom is -0.395 e. The van der Waals surface area contributed by atoms with Gasteiger partial charge < -0.3 is 19.5 Å². The Bertz CT molecular complexity index is 1250. The lowest BCUT2D eigenvalue weighted by atomic mass is 9.88. The first-order valence-corrected chi connectivity index (χ1v) is 12.2. The molecule has 1 amide bonds. The first kappa shape index (κ1) is 23.6. The average molecular weight is 482 g/mol. The van der Waals surface area contributed by atoms with Crippen LogP contribution in [0.3, 0.4) is 0 Å². The van der Waals surface area contributed by atoms with Crippen LogP contribution in [0.2, 0.25) is 0 Å². The Hall–Kier alpha value is -3.10. The number of halogens is 2. The van der Waals surface area contributed by atoms with Crippen LogP contribution in [0, 0.1) is 17.6 Å². The number of hydrogen-bond acceptors (Lipinski definition) is 4. The number of aliphatic hydroxyl groups excluding tert-OH is 1. The predicted octanol–water partition coefficient (Wildman–Crippen LogP) is 3.51. The summed E-state index contributed by atoms with van der Waals surface area (Å²) in [6.45, 7) is 3.52. The van der Waals surface area contributed by atoms with Gasteiger partial charge in [0.1, 0.15) is 17.3 Å². The van der Waals surface area contributed by atoms with Crippen molar-refractivity contribution >= 4 is 22.6 Å². The van der Waals surface area contributed by atoms with Gasteiger partial charge in [0.2, 0.25) is 0 Å². The van der Waals surface area contributed by atoms with Crippen molar-refractivity contribution in [3.63, 3.8) is 0 Å². The third-order valence-electron chi connectivity index (χ3n) is 7.35. The SMILES string of the molecule is O=C(c1ccc(F)cc1)C1CCN(CCc2c3n(c4ccc(F)cc24)CCN(CCO)C3=O)CC1. The lowest BCUT2D eigenvalue weighted by molar-refractivity contribution is 0.0668. The van der Waals surface area contributed by atoms with E-state index in [4.69, 9.17) is 0 Å². The molecular formula is C27H29F2N3O3. The first-order chi connectivity index (χ1) is 17.0. The molecule has 0 radical (unpaired) electrons. The molecule has 1 fully saturated rings. The Kier molecular flexibility index (Phi) is 6.67. The van der Waals surface area contributed by atoms with E-state index in [0.29, 0.717) is 37.3 Å². The van der Waals surface area contributed by atoms with Crippen LogP contribution in [-0.2, 0) is 13.0 Å². The normalized spacial score (nSPS) is 17.2. The number of benzene rings is 2. The van der Waals surface area contributed by atoms with E-state index in [2.05, 4.69) is 4.90 Å². The highest BCUT2D eigenvalue weighted by Crippen LogP contribution is 2.31. The van der Waals surface area contributed by atoms with Crippen molar-refractivity contribution in [1.82, 2.24) is 14.4 Å². The second-order valence-electron chi connectivity index (χ2n) is 9.39. The molecule has 8 heteroatoms. The lowest BCUT2D eigenvalue weighted by Gasteiger charge is -2.32. The molecule has 35 heavy (non-hydrogen) atoms. The molecule has 0 saturated carbocycles. The van der Waals surface area contributed by atoms with Gasteiger partial charge in [0.25, 0.3) is 5.91 Å². The van der Waals surface area contributed by atoms with Gasteiger partial charge in [-0.15, -0.1) is 0 Å². The van der Waals surface area contributed by atoms with Crippen LogP contribution in [0.25, 0.3) is 10.9 Å². The smallest absolute Gasteiger partial charge is 0.270 e. The van der Waals surface area contributed by atoms with Crippen molar-refractivity contribution in [3.8, 4) is 0 Å². The van der Waals surface area contributed by atoms with Crippen molar-refractivity contribution in [2.24, 2.45) is 5.92 Å². The van der Waals surface area contributed by atoms with E-state index in [-0.39, 0.29) is 42.4 Å². The molecule has 2 aliphatic rings. The number of likely N-dealkylation sites (tertiary alicyclic amines) is 1. The summed E-state index contributed by atoms with van der Waals surface area (Å²) < 4.78 is 29.3. The highest BCUT2D eigenvalue weighted by atomic mass is 19.1. The van der Waals surface area contributed by atoms with Crippen LogP contribution in [-0.4, -0.2) is 70.5 Å². The second kappa shape index (κ2) is 9.87. The zero-order chi connectivity index (χ0) is 24.5. The van der Waals surface area contributed by atoms with Crippen LogP contribution in [0.4, 0.5) is 8.78 Å². The maximum Gasteiger partial charge on any atom is 0.270 e. The highest BCUT2D eigenvalue weighted by molar-refractivity contribution is 6.02. The van der Waals surface area contributed by atoms with Crippen LogP contribution < -0.4 is 0 Å². The van der Waals surface area contributed by atoms with E-state index in [1.54, 1.807) is 23.1 Å². The van der Waals surface area contributed by atoms with Crippen molar-refractivity contribution in [2.45, 2.75) is 25.8 Å². The lowest BCUT2D eigenvalue weighted by Crippen LogP contribution is -2.42. The Labute approximate surface area is 202 Å². The number of hydrogen-bond donors (Lipinski definition) is 1. The van der Waals surface area contributed by atoms with Gasteiger partial charge in [-0.25, -0.2) is 8.78 Å². The van der Waals surface area contributed by atoms with Crippen LogP contribution in [0.15, 0.2) is 42.5 Å². The van der Waals surface area contributed by atoms with Gasteiger partial charge >= 0.3 is 0 Å². The number of rotatable bonds is 7. The zero-order valence-electron chi connectivity index (χ0n) is 19.6. The monoisotopic (exact) mass is 481 g/mol. The number of fused-ring (bicyclic) bond motifs is 3. The Morgan fingerprint density at radius 2 is 1.66 bits per heavy atom. The van der Waals surface area contributed by atoms with Crippen LogP contribution in [0.5, 0.6) is 0 Å². The number of nitrogens with zero attached hydrogens (tertiary/aromatic N) is 3. The summed E-state index contributed by atoms with van der Waals surface area (Å²) in [6, 6.07) is 10.4. The van der Waals surface area contributed by atoms with E-state index >= 15 is 0 Å². The topological polar surface area (TPSA) is 65.8 Å². The summed E-state index contributed by atoms with van der Waals surface area (Å²) in [5, 5.41) is 10.1. The van der Waals surface area contributed by atoms with Gasteiger partial charge in [-0.1, -0.05) is 0 Å². The van der Waals surface area contributed by atoms with Gasteiger partial charge in [-0.3, -0.25) is 9.59 Å². The number of piperidine rings is 1. The fraction of sp³-hybridized carbons (Fsp3) is 0.407. The molecule has 5 rings (SSSR count). The summed E-state index contributed by atoms with van der Waals surface area (Å²) in [4.78, 5) is 29.9. The summed E-state index contributed by atoms with van der Waals surface area (Å²) in [5.74, 6) is -0.832. The molecule has 1 N–H and O–H groups in total. The minimum absolute atomic E-state index is 0.0576. The number of ketones is 1. The maximum atomic E-state index is 14.2.